The molecule has 2 amide bonds. The van der Waals surface area contributed by atoms with E-state index in [0.29, 0.717) is 6.54 Å². The Hall–Kier alpha value is -2.73. The first-order valence-corrected chi connectivity index (χ1v) is 6.89. The molecule has 0 fully saturated rings. The maximum atomic E-state index is 11.7. The summed E-state index contributed by atoms with van der Waals surface area (Å²) in [6, 6.07) is 19.3. The number of carbonyl (C=O) groups is 1. The number of hydrogen-bond acceptors (Lipinski definition) is 1. The van der Waals surface area contributed by atoms with E-state index in [1.165, 1.54) is 0 Å². The molecule has 0 aliphatic carbocycles. The molecule has 2 aromatic rings. The smallest absolute Gasteiger partial charge is 0.316 e. The van der Waals surface area contributed by atoms with Crippen LogP contribution in [0.5, 0.6) is 0 Å². The number of amides is 2. The van der Waals surface area contributed by atoms with Crippen LogP contribution >= 0.6 is 0 Å². The molecule has 0 spiro atoms. The molecule has 2 rings (SSSR count). The van der Waals surface area contributed by atoms with Gasteiger partial charge in [0.05, 0.1) is 12.6 Å². The highest BCUT2D eigenvalue weighted by Crippen LogP contribution is 2.10. The van der Waals surface area contributed by atoms with Crippen LogP contribution in [0.15, 0.2) is 60.7 Å². The van der Waals surface area contributed by atoms with Gasteiger partial charge >= 0.3 is 6.03 Å². The van der Waals surface area contributed by atoms with Gasteiger partial charge in [-0.3, -0.25) is 0 Å². The van der Waals surface area contributed by atoms with Crippen molar-refractivity contribution in [2.24, 2.45) is 0 Å². The zero-order chi connectivity index (χ0) is 14.9. The van der Waals surface area contributed by atoms with Gasteiger partial charge in [-0.15, -0.1) is 0 Å². The summed E-state index contributed by atoms with van der Waals surface area (Å²) >= 11 is 0. The Balaban J connectivity index is 1.77. The standard InChI is InChI=1S/C18H18N2O/c1-15(17-12-6-3-7-13-17)20-18(21)19-14-8-11-16-9-4-2-5-10-16/h2-7,9-10,12-13,15H,14H2,1H3,(H2,19,20,21). The number of hydrogen-bond donors (Lipinski definition) is 2. The van der Waals surface area contributed by atoms with E-state index in [2.05, 4.69) is 22.5 Å². The molecule has 0 heterocycles. The zero-order valence-electron chi connectivity index (χ0n) is 12.0. The molecule has 2 N–H and O–H groups in total. The molecule has 3 heteroatoms. The highest BCUT2D eigenvalue weighted by molar-refractivity contribution is 5.74. The van der Waals surface area contributed by atoms with Crippen LogP contribution in [0, 0.1) is 11.8 Å². The van der Waals surface area contributed by atoms with Crippen LogP contribution in [0.2, 0.25) is 0 Å². The average Bonchev–Trinajstić information content (AvgIpc) is 2.53. The molecule has 0 bridgehead atoms. The summed E-state index contributed by atoms with van der Waals surface area (Å²) in [4.78, 5) is 11.7. The van der Waals surface area contributed by atoms with Crippen molar-refractivity contribution < 1.29 is 4.79 Å². The molecule has 0 saturated carbocycles. The largest absolute Gasteiger partial charge is 0.332 e. The second kappa shape index (κ2) is 7.76. The molecule has 3 nitrogen and oxygen atoms in total. The Morgan fingerprint density at radius 2 is 1.67 bits per heavy atom. The Morgan fingerprint density at radius 3 is 2.33 bits per heavy atom. The predicted molar refractivity (Wildman–Crippen MR) is 84.7 cm³/mol. The lowest BCUT2D eigenvalue weighted by molar-refractivity contribution is 0.239. The molecule has 21 heavy (non-hydrogen) atoms. The van der Waals surface area contributed by atoms with E-state index in [1.807, 2.05) is 67.6 Å². The van der Waals surface area contributed by atoms with Crippen LogP contribution < -0.4 is 10.6 Å². The third kappa shape index (κ3) is 5.04. The maximum absolute atomic E-state index is 11.7. The Morgan fingerprint density at radius 1 is 1.05 bits per heavy atom. The Bertz CT molecular complexity index is 627. The summed E-state index contributed by atoms with van der Waals surface area (Å²) < 4.78 is 0. The summed E-state index contributed by atoms with van der Waals surface area (Å²) in [5.41, 5.74) is 2.01. The van der Waals surface area contributed by atoms with Gasteiger partial charge in [0.15, 0.2) is 0 Å². The second-order valence-corrected chi connectivity index (χ2v) is 4.63. The fourth-order valence-electron chi connectivity index (χ4n) is 1.86. The minimum Gasteiger partial charge on any atom is -0.332 e. The summed E-state index contributed by atoms with van der Waals surface area (Å²) in [6.07, 6.45) is 0. The quantitative estimate of drug-likeness (QED) is 0.832. The van der Waals surface area contributed by atoms with Gasteiger partial charge in [0.1, 0.15) is 0 Å². The number of nitrogens with one attached hydrogen (secondary N) is 2. The lowest BCUT2D eigenvalue weighted by Gasteiger charge is -2.14. The summed E-state index contributed by atoms with van der Waals surface area (Å²) in [5, 5.41) is 5.61. The first-order chi connectivity index (χ1) is 10.3. The monoisotopic (exact) mass is 278 g/mol. The number of urea groups is 1. The summed E-state index contributed by atoms with van der Waals surface area (Å²) in [5.74, 6) is 5.92. The fourth-order valence-corrected chi connectivity index (χ4v) is 1.86. The van der Waals surface area contributed by atoms with Gasteiger partial charge in [-0.25, -0.2) is 4.79 Å². The molecule has 0 aliphatic heterocycles. The normalized spacial score (nSPS) is 10.9. The fraction of sp³-hybridized carbons (Fsp3) is 0.167. The SMILES string of the molecule is CC(NC(=O)NCC#Cc1ccccc1)c1ccccc1. The van der Waals surface area contributed by atoms with Crippen molar-refractivity contribution in [2.45, 2.75) is 13.0 Å². The molecule has 0 radical (unpaired) electrons. The summed E-state index contributed by atoms with van der Waals surface area (Å²) in [6.45, 7) is 2.27. The van der Waals surface area contributed by atoms with Crippen molar-refractivity contribution in [1.29, 1.82) is 0 Å². The van der Waals surface area contributed by atoms with Gasteiger partial charge in [0.2, 0.25) is 0 Å². The van der Waals surface area contributed by atoms with Crippen molar-refractivity contribution in [3.05, 3.63) is 71.8 Å². The minimum absolute atomic E-state index is 0.0340. The number of carbonyl (C=O) groups excluding carboxylic acids is 1. The second-order valence-electron chi connectivity index (χ2n) is 4.63. The van der Waals surface area contributed by atoms with Crippen molar-refractivity contribution in [1.82, 2.24) is 10.6 Å². The zero-order valence-corrected chi connectivity index (χ0v) is 12.0. The van der Waals surface area contributed by atoms with Crippen LogP contribution in [-0.4, -0.2) is 12.6 Å². The van der Waals surface area contributed by atoms with Crippen LogP contribution in [0.25, 0.3) is 0 Å². The van der Waals surface area contributed by atoms with E-state index in [1.54, 1.807) is 0 Å². The minimum atomic E-state index is -0.214. The third-order valence-corrected chi connectivity index (χ3v) is 2.99. The highest BCUT2D eigenvalue weighted by atomic mass is 16.2. The molecular formula is C18H18N2O. The molecule has 1 unspecified atom stereocenters. The maximum Gasteiger partial charge on any atom is 0.316 e. The van der Waals surface area contributed by atoms with Crippen LogP contribution in [0.1, 0.15) is 24.1 Å². The molecule has 1 atom stereocenters. The van der Waals surface area contributed by atoms with E-state index >= 15 is 0 Å². The van der Waals surface area contributed by atoms with Crippen LogP contribution in [0.4, 0.5) is 4.79 Å². The third-order valence-electron chi connectivity index (χ3n) is 2.99. The molecular weight excluding hydrogens is 260 g/mol. The first kappa shape index (κ1) is 14.7. The molecule has 0 aliphatic rings. The van der Waals surface area contributed by atoms with Gasteiger partial charge in [-0.2, -0.15) is 0 Å². The predicted octanol–water partition coefficient (Wildman–Crippen LogP) is 3.10. The van der Waals surface area contributed by atoms with Gasteiger partial charge in [-0.1, -0.05) is 60.4 Å². The number of benzene rings is 2. The number of rotatable bonds is 3. The van der Waals surface area contributed by atoms with Gasteiger partial charge in [0.25, 0.3) is 0 Å². The lowest BCUT2D eigenvalue weighted by atomic mass is 10.1. The van der Waals surface area contributed by atoms with Crippen molar-refractivity contribution in [3.63, 3.8) is 0 Å². The van der Waals surface area contributed by atoms with Gasteiger partial charge in [0, 0.05) is 5.56 Å². The first-order valence-electron chi connectivity index (χ1n) is 6.89. The van der Waals surface area contributed by atoms with Crippen LogP contribution in [-0.2, 0) is 0 Å². The van der Waals surface area contributed by atoms with Crippen molar-refractivity contribution >= 4 is 6.03 Å². The van der Waals surface area contributed by atoms with Crippen LogP contribution in [0.3, 0.4) is 0 Å². The molecule has 0 saturated heterocycles. The summed E-state index contributed by atoms with van der Waals surface area (Å²) in [7, 11) is 0. The van der Waals surface area contributed by atoms with Gasteiger partial charge < -0.3 is 10.6 Å². The highest BCUT2D eigenvalue weighted by Gasteiger charge is 2.07. The van der Waals surface area contributed by atoms with E-state index in [-0.39, 0.29) is 12.1 Å². The molecule has 2 aromatic carbocycles. The van der Waals surface area contributed by atoms with Crippen molar-refractivity contribution in [2.75, 3.05) is 6.54 Å². The topological polar surface area (TPSA) is 41.1 Å². The van der Waals surface area contributed by atoms with E-state index in [9.17, 15) is 4.79 Å². The Kier molecular flexibility index (Phi) is 5.42. The van der Waals surface area contributed by atoms with E-state index in [0.717, 1.165) is 11.1 Å². The molecule has 106 valence electrons. The Labute approximate surface area is 125 Å². The molecule has 0 aromatic heterocycles. The van der Waals surface area contributed by atoms with Gasteiger partial charge in [-0.05, 0) is 24.6 Å². The lowest BCUT2D eigenvalue weighted by Crippen LogP contribution is -2.37. The van der Waals surface area contributed by atoms with E-state index in [4.69, 9.17) is 0 Å². The average molecular weight is 278 g/mol. The van der Waals surface area contributed by atoms with Crippen molar-refractivity contribution in [3.8, 4) is 11.8 Å². The van der Waals surface area contributed by atoms with E-state index < -0.39 is 0 Å².